The lowest BCUT2D eigenvalue weighted by molar-refractivity contribution is -0.188. The Bertz CT molecular complexity index is 614. The molecule has 0 unspecified atom stereocenters. The molecule has 1 fully saturated rings. The van der Waals surface area contributed by atoms with E-state index in [4.69, 9.17) is 9.57 Å². The van der Waals surface area contributed by atoms with Crippen molar-refractivity contribution in [3.63, 3.8) is 0 Å². The van der Waals surface area contributed by atoms with E-state index < -0.39 is 41.8 Å². The van der Waals surface area contributed by atoms with Crippen LogP contribution in [0.15, 0.2) is 24.3 Å². The second-order valence-corrected chi connectivity index (χ2v) is 5.55. The van der Waals surface area contributed by atoms with Gasteiger partial charge in [0.25, 0.3) is 0 Å². The Morgan fingerprint density at radius 3 is 2.42 bits per heavy atom. The van der Waals surface area contributed by atoms with Gasteiger partial charge in [0.15, 0.2) is 12.3 Å². The largest absolute Gasteiger partial charge is 0.416 e. The average Bonchev–Trinajstić information content (AvgIpc) is 2.57. The van der Waals surface area contributed by atoms with Gasteiger partial charge in [0, 0.05) is 13.0 Å². The van der Waals surface area contributed by atoms with E-state index in [1.54, 1.807) is 5.48 Å². The van der Waals surface area contributed by atoms with Crippen LogP contribution in [0.1, 0.15) is 36.4 Å². The van der Waals surface area contributed by atoms with Crippen LogP contribution in [0.2, 0.25) is 0 Å². The third kappa shape index (κ3) is 5.49. The summed E-state index contributed by atoms with van der Waals surface area (Å²) >= 11 is 0. The zero-order valence-corrected chi connectivity index (χ0v) is 13.3. The highest BCUT2D eigenvalue weighted by Crippen LogP contribution is 2.40. The van der Waals surface area contributed by atoms with E-state index in [1.807, 2.05) is 0 Å². The summed E-state index contributed by atoms with van der Waals surface area (Å²) in [5.74, 6) is 0. The van der Waals surface area contributed by atoms with Crippen LogP contribution in [0.25, 0.3) is 0 Å². The van der Waals surface area contributed by atoms with E-state index >= 15 is 0 Å². The molecule has 0 aliphatic carbocycles. The fraction of sp³-hybridized carbons (Fsp3) is 0.533. The van der Waals surface area contributed by atoms with Gasteiger partial charge in [0.1, 0.15) is 0 Å². The highest BCUT2D eigenvalue weighted by atomic mass is 19.4. The second kappa shape index (κ2) is 8.12. The van der Waals surface area contributed by atoms with E-state index in [0.29, 0.717) is 25.2 Å². The van der Waals surface area contributed by atoms with Crippen molar-refractivity contribution in [2.24, 2.45) is 0 Å². The molecular weight excluding hydrogens is 370 g/mol. The molecule has 1 saturated heterocycles. The smallest absolute Gasteiger partial charge is 0.350 e. The highest BCUT2D eigenvalue weighted by Gasteiger charge is 2.46. The zero-order chi connectivity index (χ0) is 19.4. The Hall–Kier alpha value is -2.01. The predicted molar refractivity (Wildman–Crippen MR) is 76.6 cm³/mol. The molecule has 11 heteroatoms. The molecule has 0 saturated carbocycles. The van der Waals surface area contributed by atoms with Gasteiger partial charge in [-0.2, -0.15) is 26.3 Å². The van der Waals surface area contributed by atoms with Gasteiger partial charge in [-0.3, -0.25) is 0 Å². The van der Waals surface area contributed by atoms with Crippen molar-refractivity contribution in [1.29, 1.82) is 0 Å². The molecule has 1 aromatic carbocycles. The van der Waals surface area contributed by atoms with Gasteiger partial charge in [-0.1, -0.05) is 18.2 Å². The highest BCUT2D eigenvalue weighted by molar-refractivity contribution is 5.73. The standard InChI is InChI=1S/C15H16F6N2O3/c16-14(17,18)10-6-2-1-5-9(10)12(15(19,20)21)22-13(24)23-26-11-7-3-4-8-25-11/h1-2,5-6,11-12H,3-4,7-8H2,(H2,22,23,24)/t11-,12+/m0/s1. The average molecular weight is 386 g/mol. The zero-order valence-electron chi connectivity index (χ0n) is 13.3. The van der Waals surface area contributed by atoms with E-state index in [-0.39, 0.29) is 0 Å². The first-order valence-corrected chi connectivity index (χ1v) is 7.65. The molecular formula is C15H16F6N2O3. The molecule has 26 heavy (non-hydrogen) atoms. The quantitative estimate of drug-likeness (QED) is 0.606. The molecule has 0 aromatic heterocycles. The number of carbonyl (C=O) groups excluding carboxylic acids is 1. The Morgan fingerprint density at radius 1 is 1.15 bits per heavy atom. The summed E-state index contributed by atoms with van der Waals surface area (Å²) in [7, 11) is 0. The van der Waals surface area contributed by atoms with E-state index in [0.717, 1.165) is 25.0 Å². The van der Waals surface area contributed by atoms with Crippen molar-refractivity contribution in [2.45, 2.75) is 43.9 Å². The van der Waals surface area contributed by atoms with Crippen LogP contribution in [0.3, 0.4) is 0 Å². The molecule has 1 heterocycles. The first-order valence-electron chi connectivity index (χ1n) is 7.65. The van der Waals surface area contributed by atoms with Crippen molar-refractivity contribution in [3.05, 3.63) is 35.4 Å². The van der Waals surface area contributed by atoms with Gasteiger partial charge in [-0.05, 0) is 24.5 Å². The summed E-state index contributed by atoms with van der Waals surface area (Å²) in [6, 6.07) is -1.14. The number of rotatable bonds is 4. The molecule has 2 rings (SSSR count). The maximum atomic E-state index is 13.3. The summed E-state index contributed by atoms with van der Waals surface area (Å²) in [5.41, 5.74) is -0.875. The minimum absolute atomic E-state index is 0.373. The number of alkyl halides is 6. The van der Waals surface area contributed by atoms with Gasteiger partial charge < -0.3 is 10.1 Å². The first kappa shape index (κ1) is 20.3. The summed E-state index contributed by atoms with van der Waals surface area (Å²) in [4.78, 5) is 16.5. The van der Waals surface area contributed by atoms with Crippen LogP contribution in [0, 0.1) is 0 Å². The van der Waals surface area contributed by atoms with Crippen LogP contribution >= 0.6 is 0 Å². The minimum atomic E-state index is -5.15. The van der Waals surface area contributed by atoms with Crippen LogP contribution in [0.5, 0.6) is 0 Å². The molecule has 0 spiro atoms. The summed E-state index contributed by atoms with van der Waals surface area (Å²) in [5, 5.41) is 1.47. The van der Waals surface area contributed by atoms with Crippen molar-refractivity contribution in [1.82, 2.24) is 10.8 Å². The van der Waals surface area contributed by atoms with Gasteiger partial charge >= 0.3 is 18.4 Å². The van der Waals surface area contributed by atoms with Crippen LogP contribution < -0.4 is 10.8 Å². The Balaban J connectivity index is 2.12. The van der Waals surface area contributed by atoms with Crippen LogP contribution in [-0.4, -0.2) is 25.1 Å². The molecule has 5 nitrogen and oxygen atoms in total. The molecule has 146 valence electrons. The van der Waals surface area contributed by atoms with E-state index in [9.17, 15) is 31.1 Å². The predicted octanol–water partition coefficient (Wildman–Crippen LogP) is 4.07. The van der Waals surface area contributed by atoms with Gasteiger partial charge in [0.05, 0.1) is 5.56 Å². The first-order chi connectivity index (χ1) is 12.1. The fourth-order valence-corrected chi connectivity index (χ4v) is 2.43. The second-order valence-electron chi connectivity index (χ2n) is 5.55. The Kier molecular flexibility index (Phi) is 6.34. The summed E-state index contributed by atoms with van der Waals surface area (Å²) < 4.78 is 83.8. The molecule has 1 aromatic rings. The van der Waals surface area contributed by atoms with Gasteiger partial charge in [0.2, 0.25) is 0 Å². The molecule has 1 aliphatic heterocycles. The topological polar surface area (TPSA) is 59.6 Å². The van der Waals surface area contributed by atoms with E-state index in [2.05, 4.69) is 0 Å². The van der Waals surface area contributed by atoms with Crippen molar-refractivity contribution in [3.8, 4) is 0 Å². The maximum absolute atomic E-state index is 13.3. The Labute approximate surface area is 144 Å². The molecule has 0 radical (unpaired) electrons. The van der Waals surface area contributed by atoms with E-state index in [1.165, 1.54) is 5.32 Å². The lowest BCUT2D eigenvalue weighted by atomic mass is 9.99. The van der Waals surface area contributed by atoms with Crippen molar-refractivity contribution in [2.75, 3.05) is 6.61 Å². The molecule has 1 aliphatic rings. The van der Waals surface area contributed by atoms with Crippen molar-refractivity contribution >= 4 is 6.03 Å². The molecule has 2 N–H and O–H groups in total. The lowest BCUT2D eigenvalue weighted by Gasteiger charge is -2.26. The van der Waals surface area contributed by atoms with Crippen molar-refractivity contribution < 1.29 is 40.7 Å². The number of benzene rings is 1. The minimum Gasteiger partial charge on any atom is -0.350 e. The third-order valence-electron chi connectivity index (χ3n) is 3.60. The number of amides is 2. The number of carbonyl (C=O) groups is 1. The number of nitrogens with one attached hydrogen (secondary N) is 2. The normalized spacial score (nSPS) is 19.7. The maximum Gasteiger partial charge on any atom is 0.416 e. The number of hydrogen-bond acceptors (Lipinski definition) is 3. The summed E-state index contributed by atoms with van der Waals surface area (Å²) in [6.45, 7) is 0.373. The number of ether oxygens (including phenoxy) is 1. The number of halogens is 6. The van der Waals surface area contributed by atoms with Gasteiger partial charge in [-0.25, -0.2) is 15.1 Å². The lowest BCUT2D eigenvalue weighted by Crippen LogP contribution is -2.45. The van der Waals surface area contributed by atoms with Gasteiger partial charge in [-0.15, -0.1) is 0 Å². The SMILES string of the molecule is O=C(NO[C@H]1CCCCO1)N[C@H](c1ccccc1C(F)(F)F)C(F)(F)F. The van der Waals surface area contributed by atoms with Crippen LogP contribution in [0.4, 0.5) is 31.1 Å². The molecule has 2 amide bonds. The molecule has 2 atom stereocenters. The van der Waals surface area contributed by atoms with Crippen LogP contribution in [-0.2, 0) is 15.8 Å². The number of hydroxylamine groups is 1. The fourth-order valence-electron chi connectivity index (χ4n) is 2.43. The molecule has 0 bridgehead atoms. The Morgan fingerprint density at radius 2 is 1.85 bits per heavy atom. The third-order valence-corrected chi connectivity index (χ3v) is 3.60. The summed E-state index contributed by atoms with van der Waals surface area (Å²) in [6.07, 6.45) is -9.01. The monoisotopic (exact) mass is 386 g/mol. The number of hydrogen-bond donors (Lipinski definition) is 2. The number of urea groups is 1.